The van der Waals surface area contributed by atoms with Crippen LogP contribution in [0.15, 0.2) is 0 Å². The average molecular weight is 245 g/mol. The Balaban J connectivity index is 3.31. The van der Waals surface area contributed by atoms with Crippen molar-refractivity contribution in [3.63, 3.8) is 0 Å². The number of rotatable bonds is 11. The summed E-state index contributed by atoms with van der Waals surface area (Å²) in [5.41, 5.74) is 0. The zero-order valence-electron chi connectivity index (χ0n) is 11.8. The summed E-state index contributed by atoms with van der Waals surface area (Å²) in [4.78, 5) is 0. The summed E-state index contributed by atoms with van der Waals surface area (Å²) in [6.45, 7) is 6.62. The van der Waals surface area contributed by atoms with E-state index >= 15 is 0 Å². The van der Waals surface area contributed by atoms with Crippen LogP contribution in [-0.4, -0.2) is 29.1 Å². The molecule has 3 heteroatoms. The summed E-state index contributed by atoms with van der Waals surface area (Å²) in [5, 5.41) is 22.2. The molecule has 3 N–H and O–H groups in total. The lowest BCUT2D eigenvalue weighted by Crippen LogP contribution is -2.38. The number of hydrogen-bond donors (Lipinski definition) is 3. The zero-order valence-corrected chi connectivity index (χ0v) is 11.8. The second kappa shape index (κ2) is 11.0. The van der Waals surface area contributed by atoms with Crippen molar-refractivity contribution in [2.45, 2.75) is 78.0 Å². The van der Waals surface area contributed by atoms with Gasteiger partial charge < -0.3 is 10.2 Å². The molecule has 0 rings (SSSR count). The van der Waals surface area contributed by atoms with Crippen molar-refractivity contribution in [1.82, 2.24) is 5.32 Å². The van der Waals surface area contributed by atoms with Crippen molar-refractivity contribution in [3.05, 3.63) is 0 Å². The third-order valence-electron chi connectivity index (χ3n) is 3.08. The monoisotopic (exact) mass is 245 g/mol. The highest BCUT2D eigenvalue weighted by Crippen LogP contribution is 2.08. The molecule has 0 bridgehead atoms. The normalized spacial score (nSPS) is 15.2. The highest BCUT2D eigenvalue weighted by molar-refractivity contribution is 4.64. The molecule has 2 unspecified atom stereocenters. The van der Waals surface area contributed by atoms with Crippen LogP contribution in [0.1, 0.15) is 65.7 Å². The van der Waals surface area contributed by atoms with E-state index in [0.29, 0.717) is 6.54 Å². The lowest BCUT2D eigenvalue weighted by Gasteiger charge is -2.18. The molecule has 0 heterocycles. The molecular formula is C14H31NO2. The van der Waals surface area contributed by atoms with Crippen molar-refractivity contribution >= 4 is 0 Å². The van der Waals surface area contributed by atoms with Gasteiger partial charge in [0, 0.05) is 6.54 Å². The van der Waals surface area contributed by atoms with Crippen LogP contribution >= 0.6 is 0 Å². The van der Waals surface area contributed by atoms with Gasteiger partial charge in [-0.1, -0.05) is 59.3 Å². The maximum absolute atomic E-state index is 9.71. The molecule has 0 radical (unpaired) electrons. The molecule has 17 heavy (non-hydrogen) atoms. The van der Waals surface area contributed by atoms with Gasteiger partial charge in [-0.2, -0.15) is 0 Å². The van der Waals surface area contributed by atoms with E-state index in [0.717, 1.165) is 12.8 Å². The van der Waals surface area contributed by atoms with Gasteiger partial charge in [0.05, 0.1) is 6.10 Å². The number of nitrogens with one attached hydrogen (secondary N) is 1. The van der Waals surface area contributed by atoms with Crippen LogP contribution in [0.3, 0.4) is 0 Å². The van der Waals surface area contributed by atoms with E-state index in [-0.39, 0.29) is 12.0 Å². The van der Waals surface area contributed by atoms with Gasteiger partial charge >= 0.3 is 0 Å². The molecular weight excluding hydrogens is 214 g/mol. The second-order valence-electron chi connectivity index (χ2n) is 5.31. The molecule has 0 aromatic heterocycles. The Labute approximate surface area is 107 Å². The van der Waals surface area contributed by atoms with Gasteiger partial charge in [-0.3, -0.25) is 5.32 Å². The maximum atomic E-state index is 9.71. The van der Waals surface area contributed by atoms with Crippen LogP contribution in [0.4, 0.5) is 0 Å². The standard InChI is InChI=1S/C14H31NO2/c1-4-5-6-7-8-9-10-13(16)11-15-14(17)12(2)3/h12-17H,4-11H2,1-3H3. The van der Waals surface area contributed by atoms with Gasteiger partial charge in [0.1, 0.15) is 6.23 Å². The van der Waals surface area contributed by atoms with E-state index in [1.807, 2.05) is 13.8 Å². The maximum Gasteiger partial charge on any atom is 0.107 e. The Morgan fingerprint density at radius 3 is 2.12 bits per heavy atom. The molecule has 3 nitrogen and oxygen atoms in total. The largest absolute Gasteiger partial charge is 0.392 e. The quantitative estimate of drug-likeness (QED) is 0.387. The van der Waals surface area contributed by atoms with Crippen LogP contribution in [0.2, 0.25) is 0 Å². The van der Waals surface area contributed by atoms with Crippen LogP contribution in [-0.2, 0) is 0 Å². The summed E-state index contributed by atoms with van der Waals surface area (Å²) in [7, 11) is 0. The van der Waals surface area contributed by atoms with E-state index in [9.17, 15) is 10.2 Å². The first kappa shape index (κ1) is 16.9. The van der Waals surface area contributed by atoms with Crippen LogP contribution in [0.5, 0.6) is 0 Å². The zero-order chi connectivity index (χ0) is 13.1. The first-order valence-corrected chi connectivity index (χ1v) is 7.17. The molecule has 2 atom stereocenters. The first-order chi connectivity index (χ1) is 8.07. The van der Waals surface area contributed by atoms with Crippen LogP contribution < -0.4 is 5.32 Å². The van der Waals surface area contributed by atoms with Crippen LogP contribution in [0.25, 0.3) is 0 Å². The molecule has 0 aliphatic rings. The minimum atomic E-state index is -0.505. The number of hydrogen-bond acceptors (Lipinski definition) is 3. The minimum Gasteiger partial charge on any atom is -0.392 e. The molecule has 0 saturated heterocycles. The summed E-state index contributed by atoms with van der Waals surface area (Å²) in [5.74, 6) is 0.191. The molecule has 0 saturated carbocycles. The van der Waals surface area contributed by atoms with E-state index in [4.69, 9.17) is 0 Å². The van der Waals surface area contributed by atoms with Crippen molar-refractivity contribution < 1.29 is 10.2 Å². The average Bonchev–Trinajstić information content (AvgIpc) is 2.30. The predicted octanol–water partition coefficient (Wildman–Crippen LogP) is 2.66. The smallest absolute Gasteiger partial charge is 0.107 e. The molecule has 104 valence electrons. The second-order valence-corrected chi connectivity index (χ2v) is 5.31. The number of unbranched alkanes of at least 4 members (excludes halogenated alkanes) is 5. The molecule has 0 amide bonds. The predicted molar refractivity (Wildman–Crippen MR) is 72.8 cm³/mol. The Morgan fingerprint density at radius 2 is 1.53 bits per heavy atom. The third kappa shape index (κ3) is 10.7. The first-order valence-electron chi connectivity index (χ1n) is 7.17. The molecule has 0 aliphatic carbocycles. The van der Waals surface area contributed by atoms with Crippen molar-refractivity contribution in [2.75, 3.05) is 6.54 Å². The van der Waals surface area contributed by atoms with Crippen molar-refractivity contribution in [1.29, 1.82) is 0 Å². The van der Waals surface area contributed by atoms with Gasteiger partial charge in [0.25, 0.3) is 0 Å². The fourth-order valence-corrected chi connectivity index (χ4v) is 1.75. The Bertz CT molecular complexity index is 162. The number of aliphatic hydroxyl groups is 2. The molecule has 0 aromatic carbocycles. The highest BCUT2D eigenvalue weighted by Gasteiger charge is 2.10. The Morgan fingerprint density at radius 1 is 0.941 bits per heavy atom. The SMILES string of the molecule is CCCCCCCCC(O)CNC(O)C(C)C. The molecule has 0 aromatic rings. The highest BCUT2D eigenvalue weighted by atomic mass is 16.3. The Hall–Kier alpha value is -0.120. The van der Waals surface area contributed by atoms with Crippen molar-refractivity contribution in [3.8, 4) is 0 Å². The molecule has 0 aliphatic heterocycles. The van der Waals surface area contributed by atoms with Gasteiger partial charge in [-0.25, -0.2) is 0 Å². The van der Waals surface area contributed by atoms with E-state index in [1.54, 1.807) is 0 Å². The summed E-state index contributed by atoms with van der Waals surface area (Å²) < 4.78 is 0. The van der Waals surface area contributed by atoms with Gasteiger partial charge in [-0.05, 0) is 12.3 Å². The minimum absolute atomic E-state index is 0.191. The van der Waals surface area contributed by atoms with Gasteiger partial charge in [-0.15, -0.1) is 0 Å². The summed E-state index contributed by atoms with van der Waals surface area (Å²) >= 11 is 0. The van der Waals surface area contributed by atoms with Crippen LogP contribution in [0, 0.1) is 5.92 Å². The summed E-state index contributed by atoms with van der Waals surface area (Å²) in [6.07, 6.45) is 7.51. The van der Waals surface area contributed by atoms with Gasteiger partial charge in [0.15, 0.2) is 0 Å². The topological polar surface area (TPSA) is 52.5 Å². The lowest BCUT2D eigenvalue weighted by molar-refractivity contribution is 0.0664. The third-order valence-corrected chi connectivity index (χ3v) is 3.08. The van der Waals surface area contributed by atoms with E-state index < -0.39 is 6.23 Å². The van der Waals surface area contributed by atoms with Crippen molar-refractivity contribution in [2.24, 2.45) is 5.92 Å². The fraction of sp³-hybridized carbons (Fsp3) is 1.00. The molecule has 0 fully saturated rings. The van der Waals surface area contributed by atoms with E-state index in [1.165, 1.54) is 32.1 Å². The van der Waals surface area contributed by atoms with Gasteiger partial charge in [0.2, 0.25) is 0 Å². The molecule has 0 spiro atoms. The van der Waals surface area contributed by atoms with E-state index in [2.05, 4.69) is 12.2 Å². The lowest BCUT2D eigenvalue weighted by atomic mass is 10.1. The summed E-state index contributed by atoms with van der Waals surface area (Å²) in [6, 6.07) is 0. The Kier molecular flexibility index (Phi) is 10.9. The number of aliphatic hydroxyl groups excluding tert-OH is 2. The fourth-order valence-electron chi connectivity index (χ4n) is 1.75.